The van der Waals surface area contributed by atoms with Crippen molar-refractivity contribution in [2.24, 2.45) is 0 Å². The predicted octanol–water partition coefficient (Wildman–Crippen LogP) is 2.83. The third-order valence-electron chi connectivity index (χ3n) is 2.15. The first-order valence-electron chi connectivity index (χ1n) is 4.86. The molecule has 0 amide bonds. The molecule has 1 aromatic carbocycles. The smallest absolute Gasteiger partial charge is 0.133 e. The lowest BCUT2D eigenvalue weighted by Crippen LogP contribution is -2.02. The van der Waals surface area contributed by atoms with E-state index in [1.807, 2.05) is 19.1 Å². The van der Waals surface area contributed by atoms with Gasteiger partial charge in [0.15, 0.2) is 0 Å². The van der Waals surface area contributed by atoms with Gasteiger partial charge in [0.2, 0.25) is 0 Å². The number of hydrogen-bond acceptors (Lipinski definition) is 4. The average Bonchev–Trinajstić information content (AvgIpc) is 2.63. The summed E-state index contributed by atoms with van der Waals surface area (Å²) in [5.74, 6) is 0.792. The molecular formula is C11H12ClN3O. The van der Waals surface area contributed by atoms with Crippen molar-refractivity contribution in [1.82, 2.24) is 5.16 Å². The Balaban J connectivity index is 2.04. The molecule has 0 bridgehead atoms. The Labute approximate surface area is 98.4 Å². The Morgan fingerprint density at radius 2 is 2.25 bits per heavy atom. The first kappa shape index (κ1) is 10.8. The molecule has 0 spiro atoms. The highest BCUT2D eigenvalue weighted by Crippen LogP contribution is 2.23. The Bertz CT molecular complexity index is 496. The number of nitrogens with zero attached hydrogens (tertiary/aromatic N) is 1. The molecule has 84 valence electrons. The molecule has 2 rings (SSSR count). The van der Waals surface area contributed by atoms with Crippen molar-refractivity contribution in [2.45, 2.75) is 13.5 Å². The second-order valence-corrected chi connectivity index (χ2v) is 3.95. The average molecular weight is 238 g/mol. The number of halogens is 1. The van der Waals surface area contributed by atoms with Gasteiger partial charge in [0, 0.05) is 11.1 Å². The molecule has 0 aliphatic carbocycles. The van der Waals surface area contributed by atoms with Crippen LogP contribution in [0.2, 0.25) is 5.02 Å². The molecule has 0 atom stereocenters. The van der Waals surface area contributed by atoms with Crippen molar-refractivity contribution in [3.05, 3.63) is 40.7 Å². The van der Waals surface area contributed by atoms with Gasteiger partial charge in [-0.3, -0.25) is 0 Å². The summed E-state index contributed by atoms with van der Waals surface area (Å²) < 4.78 is 4.96. The number of nitrogens with two attached hydrogens (primary N) is 1. The minimum atomic E-state index is 0.573. The van der Waals surface area contributed by atoms with E-state index in [0.717, 1.165) is 17.1 Å². The van der Waals surface area contributed by atoms with Gasteiger partial charge in [-0.15, -0.1) is 0 Å². The fraction of sp³-hybridized carbons (Fsp3) is 0.182. The van der Waals surface area contributed by atoms with E-state index in [1.54, 1.807) is 12.1 Å². The zero-order valence-corrected chi connectivity index (χ0v) is 9.58. The molecule has 0 aliphatic rings. The van der Waals surface area contributed by atoms with Gasteiger partial charge >= 0.3 is 0 Å². The summed E-state index contributed by atoms with van der Waals surface area (Å²) >= 11 is 5.80. The SMILES string of the molecule is Cc1cc(CNc2ccc(Cl)cc2N)no1. The summed E-state index contributed by atoms with van der Waals surface area (Å²) in [5.41, 5.74) is 8.10. The number of nitrogen functional groups attached to an aromatic ring is 1. The second-order valence-electron chi connectivity index (χ2n) is 3.51. The summed E-state index contributed by atoms with van der Waals surface area (Å²) in [6.45, 7) is 2.43. The van der Waals surface area contributed by atoms with Gasteiger partial charge in [-0.25, -0.2) is 0 Å². The minimum Gasteiger partial charge on any atom is -0.397 e. The first-order chi connectivity index (χ1) is 7.65. The highest BCUT2D eigenvalue weighted by molar-refractivity contribution is 6.31. The number of anilines is 2. The number of aryl methyl sites for hydroxylation is 1. The monoisotopic (exact) mass is 237 g/mol. The van der Waals surface area contributed by atoms with Gasteiger partial charge in [0.25, 0.3) is 0 Å². The van der Waals surface area contributed by atoms with Crippen LogP contribution in [0.3, 0.4) is 0 Å². The van der Waals surface area contributed by atoms with Crippen LogP contribution in [0.5, 0.6) is 0 Å². The highest BCUT2D eigenvalue weighted by atomic mass is 35.5. The van der Waals surface area contributed by atoms with Crippen molar-refractivity contribution >= 4 is 23.0 Å². The fourth-order valence-electron chi connectivity index (χ4n) is 1.38. The molecule has 0 saturated heterocycles. The number of rotatable bonds is 3. The molecule has 3 N–H and O–H groups in total. The zero-order chi connectivity index (χ0) is 11.5. The summed E-state index contributed by atoms with van der Waals surface area (Å²) in [7, 11) is 0. The van der Waals surface area contributed by atoms with Crippen molar-refractivity contribution in [3.63, 3.8) is 0 Å². The predicted molar refractivity (Wildman–Crippen MR) is 64.4 cm³/mol. The standard InChI is InChI=1S/C11H12ClN3O/c1-7-4-9(15-16-7)6-14-11-3-2-8(12)5-10(11)13/h2-5,14H,6,13H2,1H3. The first-order valence-corrected chi connectivity index (χ1v) is 5.24. The molecule has 0 saturated carbocycles. The number of hydrogen-bond donors (Lipinski definition) is 2. The van der Waals surface area contributed by atoms with Crippen LogP contribution in [0.4, 0.5) is 11.4 Å². The van der Waals surface area contributed by atoms with Gasteiger partial charge in [-0.2, -0.15) is 0 Å². The third-order valence-corrected chi connectivity index (χ3v) is 2.39. The van der Waals surface area contributed by atoms with E-state index >= 15 is 0 Å². The van der Waals surface area contributed by atoms with Gasteiger partial charge in [0.05, 0.1) is 17.9 Å². The summed E-state index contributed by atoms with van der Waals surface area (Å²) in [4.78, 5) is 0. The number of nitrogens with one attached hydrogen (secondary N) is 1. The minimum absolute atomic E-state index is 0.573. The van der Waals surface area contributed by atoms with Crippen LogP contribution < -0.4 is 11.1 Å². The molecular weight excluding hydrogens is 226 g/mol. The van der Waals surface area contributed by atoms with E-state index in [-0.39, 0.29) is 0 Å². The van der Waals surface area contributed by atoms with Crippen LogP contribution in [0.25, 0.3) is 0 Å². The number of aromatic nitrogens is 1. The van der Waals surface area contributed by atoms with Crippen LogP contribution in [0.1, 0.15) is 11.5 Å². The lowest BCUT2D eigenvalue weighted by Gasteiger charge is -2.07. The maximum Gasteiger partial charge on any atom is 0.133 e. The maximum absolute atomic E-state index is 5.80. The normalized spacial score (nSPS) is 10.4. The van der Waals surface area contributed by atoms with Crippen molar-refractivity contribution in [1.29, 1.82) is 0 Å². The summed E-state index contributed by atoms with van der Waals surface area (Å²) in [5, 5.41) is 7.66. The van der Waals surface area contributed by atoms with Gasteiger partial charge in [0.1, 0.15) is 11.5 Å². The lowest BCUT2D eigenvalue weighted by atomic mass is 10.2. The van der Waals surface area contributed by atoms with E-state index in [2.05, 4.69) is 10.5 Å². The summed E-state index contributed by atoms with van der Waals surface area (Å²) in [6, 6.07) is 7.20. The second kappa shape index (κ2) is 4.45. The van der Waals surface area contributed by atoms with Crippen molar-refractivity contribution < 1.29 is 4.52 Å². The van der Waals surface area contributed by atoms with E-state index in [1.165, 1.54) is 0 Å². The van der Waals surface area contributed by atoms with Crippen LogP contribution in [0, 0.1) is 6.92 Å². The van der Waals surface area contributed by atoms with Crippen molar-refractivity contribution in [2.75, 3.05) is 11.1 Å². The van der Waals surface area contributed by atoms with Gasteiger partial charge < -0.3 is 15.6 Å². The van der Waals surface area contributed by atoms with Crippen LogP contribution >= 0.6 is 11.6 Å². The van der Waals surface area contributed by atoms with E-state index in [4.69, 9.17) is 21.9 Å². The molecule has 1 aromatic heterocycles. The zero-order valence-electron chi connectivity index (χ0n) is 8.83. The summed E-state index contributed by atoms with van der Waals surface area (Å²) in [6.07, 6.45) is 0. The lowest BCUT2D eigenvalue weighted by molar-refractivity contribution is 0.391. The molecule has 16 heavy (non-hydrogen) atoms. The molecule has 2 aromatic rings. The van der Waals surface area contributed by atoms with E-state index in [9.17, 15) is 0 Å². The van der Waals surface area contributed by atoms with Crippen LogP contribution in [-0.2, 0) is 6.54 Å². The topological polar surface area (TPSA) is 64.1 Å². The van der Waals surface area contributed by atoms with Crippen LogP contribution in [0.15, 0.2) is 28.8 Å². The quantitative estimate of drug-likeness (QED) is 0.806. The van der Waals surface area contributed by atoms with Gasteiger partial charge in [-0.1, -0.05) is 16.8 Å². The molecule has 0 unspecified atom stereocenters. The Hall–Kier alpha value is -1.68. The molecule has 0 fully saturated rings. The van der Waals surface area contributed by atoms with E-state index in [0.29, 0.717) is 17.3 Å². The van der Waals surface area contributed by atoms with E-state index < -0.39 is 0 Å². The Kier molecular flexibility index (Phi) is 3.01. The van der Waals surface area contributed by atoms with Crippen LogP contribution in [-0.4, -0.2) is 5.16 Å². The molecule has 1 heterocycles. The third kappa shape index (κ3) is 2.46. The number of benzene rings is 1. The Morgan fingerprint density at radius 3 is 2.88 bits per heavy atom. The van der Waals surface area contributed by atoms with Gasteiger partial charge in [-0.05, 0) is 25.1 Å². The molecule has 5 heteroatoms. The fourth-order valence-corrected chi connectivity index (χ4v) is 1.56. The highest BCUT2D eigenvalue weighted by Gasteiger charge is 2.02. The molecule has 4 nitrogen and oxygen atoms in total. The van der Waals surface area contributed by atoms with Crippen molar-refractivity contribution in [3.8, 4) is 0 Å². The molecule has 0 aliphatic heterocycles. The molecule has 0 radical (unpaired) electrons. The largest absolute Gasteiger partial charge is 0.397 e. The maximum atomic E-state index is 5.80. The Morgan fingerprint density at radius 1 is 1.44 bits per heavy atom.